The van der Waals surface area contributed by atoms with E-state index in [2.05, 4.69) is 20.0 Å². The average Bonchev–Trinajstić information content (AvgIpc) is 3.07. The summed E-state index contributed by atoms with van der Waals surface area (Å²) in [7, 11) is 0. The Balaban J connectivity index is 1.55. The number of hydrogen-bond acceptors (Lipinski definition) is 6. The second-order valence-electron chi connectivity index (χ2n) is 5.94. The van der Waals surface area contributed by atoms with E-state index in [0.717, 1.165) is 23.9 Å². The zero-order valence-corrected chi connectivity index (χ0v) is 13.0. The minimum atomic E-state index is -0.450. The van der Waals surface area contributed by atoms with Gasteiger partial charge in [0.15, 0.2) is 0 Å². The van der Waals surface area contributed by atoms with Gasteiger partial charge in [0.1, 0.15) is 11.4 Å². The summed E-state index contributed by atoms with van der Waals surface area (Å²) in [5.41, 5.74) is -0.450. The monoisotopic (exact) mass is 298 g/mol. The van der Waals surface area contributed by atoms with Crippen molar-refractivity contribution in [3.63, 3.8) is 0 Å². The smallest absolute Gasteiger partial charge is 0.407 e. The van der Waals surface area contributed by atoms with Gasteiger partial charge in [-0.05, 0) is 40.0 Å². The van der Waals surface area contributed by atoms with E-state index < -0.39 is 5.60 Å². The highest BCUT2D eigenvalue weighted by atomic mass is 32.1. The molecule has 1 aliphatic rings. The third kappa shape index (κ3) is 5.32. The van der Waals surface area contributed by atoms with Gasteiger partial charge in [-0.1, -0.05) is 0 Å². The number of nitrogens with one attached hydrogen (secondary N) is 2. The molecule has 0 radical (unpaired) electrons. The van der Waals surface area contributed by atoms with Gasteiger partial charge in [-0.2, -0.15) is 4.37 Å². The molecule has 1 aromatic heterocycles. The van der Waals surface area contributed by atoms with Crippen LogP contribution in [-0.2, 0) is 4.74 Å². The summed E-state index contributed by atoms with van der Waals surface area (Å²) >= 11 is 1.41. The molecule has 1 amide bonds. The average molecular weight is 298 g/mol. The zero-order chi connectivity index (χ0) is 14.6. The summed E-state index contributed by atoms with van der Waals surface area (Å²) < 4.78 is 9.47. The molecule has 2 N–H and O–H groups in total. The lowest BCUT2D eigenvalue weighted by Crippen LogP contribution is -2.33. The largest absolute Gasteiger partial charge is 0.444 e. The predicted octanol–water partition coefficient (Wildman–Crippen LogP) is 2.74. The minimum absolute atomic E-state index is 0.371. The summed E-state index contributed by atoms with van der Waals surface area (Å²) in [5, 5.41) is 6.81. The lowest BCUT2D eigenvalue weighted by Gasteiger charge is -2.19. The maximum absolute atomic E-state index is 11.4. The van der Waals surface area contributed by atoms with E-state index in [1.54, 1.807) is 0 Å². The summed E-state index contributed by atoms with van der Waals surface area (Å²) in [4.78, 5) is 15.8. The number of ether oxygens (including phenoxy) is 1. The van der Waals surface area contributed by atoms with E-state index in [1.807, 2.05) is 20.8 Å². The van der Waals surface area contributed by atoms with Gasteiger partial charge in [0.2, 0.25) is 5.13 Å². The van der Waals surface area contributed by atoms with E-state index >= 15 is 0 Å². The van der Waals surface area contributed by atoms with Crippen LogP contribution in [0.1, 0.15) is 51.8 Å². The van der Waals surface area contributed by atoms with Crippen molar-refractivity contribution < 1.29 is 9.53 Å². The Morgan fingerprint density at radius 1 is 1.40 bits per heavy atom. The van der Waals surface area contributed by atoms with Crippen LogP contribution in [-0.4, -0.2) is 34.1 Å². The Hall–Kier alpha value is -1.37. The molecular formula is C13H22N4O2S. The van der Waals surface area contributed by atoms with E-state index in [4.69, 9.17) is 4.74 Å². The summed E-state index contributed by atoms with van der Waals surface area (Å²) in [6.07, 6.45) is 2.88. The standard InChI is InChI=1S/C13H22N4O2S/c1-13(2,3)19-12(18)15-8-4-7-14-11-16-10(17-20-11)9-5-6-9/h9H,4-8H2,1-3H3,(H,15,18)(H,14,16,17). The molecule has 1 saturated carbocycles. The Kier molecular flexibility index (Phi) is 4.80. The molecule has 0 spiro atoms. The van der Waals surface area contributed by atoms with Crippen molar-refractivity contribution in [2.75, 3.05) is 18.4 Å². The normalized spacial score (nSPS) is 14.9. The van der Waals surface area contributed by atoms with Gasteiger partial charge in [0, 0.05) is 30.5 Å². The molecule has 0 atom stereocenters. The first-order valence-electron chi connectivity index (χ1n) is 6.98. The molecule has 1 heterocycles. The molecule has 0 unspecified atom stereocenters. The zero-order valence-electron chi connectivity index (χ0n) is 12.2. The summed E-state index contributed by atoms with van der Waals surface area (Å²) in [6.45, 7) is 6.88. The third-order valence-electron chi connectivity index (χ3n) is 2.68. The fourth-order valence-electron chi connectivity index (χ4n) is 1.60. The van der Waals surface area contributed by atoms with Crippen molar-refractivity contribution in [1.29, 1.82) is 0 Å². The van der Waals surface area contributed by atoms with Gasteiger partial charge < -0.3 is 15.4 Å². The van der Waals surface area contributed by atoms with Gasteiger partial charge in [0.25, 0.3) is 0 Å². The molecule has 2 rings (SSSR count). The SMILES string of the molecule is CC(C)(C)OC(=O)NCCCNc1nc(C2CC2)ns1. The number of anilines is 1. The molecule has 7 heteroatoms. The van der Waals surface area contributed by atoms with Crippen LogP contribution >= 0.6 is 11.5 Å². The topological polar surface area (TPSA) is 76.1 Å². The first-order valence-corrected chi connectivity index (χ1v) is 7.76. The van der Waals surface area contributed by atoms with Crippen LogP contribution in [0.25, 0.3) is 0 Å². The highest BCUT2D eigenvalue weighted by Gasteiger charge is 2.27. The van der Waals surface area contributed by atoms with Gasteiger partial charge in [0.05, 0.1) is 0 Å². The van der Waals surface area contributed by atoms with Crippen molar-refractivity contribution >= 4 is 22.8 Å². The molecule has 0 aromatic carbocycles. The van der Waals surface area contributed by atoms with Gasteiger partial charge in [-0.3, -0.25) is 0 Å². The molecule has 0 saturated heterocycles. The van der Waals surface area contributed by atoms with E-state index in [-0.39, 0.29) is 6.09 Å². The Morgan fingerprint density at radius 3 is 2.80 bits per heavy atom. The van der Waals surface area contributed by atoms with Crippen LogP contribution < -0.4 is 10.6 Å². The summed E-state index contributed by atoms with van der Waals surface area (Å²) in [5.74, 6) is 1.57. The molecular weight excluding hydrogens is 276 g/mol. The highest BCUT2D eigenvalue weighted by molar-refractivity contribution is 7.09. The molecule has 1 aromatic rings. The summed E-state index contributed by atoms with van der Waals surface area (Å²) in [6, 6.07) is 0. The number of hydrogen-bond donors (Lipinski definition) is 2. The molecule has 1 fully saturated rings. The number of aromatic nitrogens is 2. The maximum Gasteiger partial charge on any atom is 0.407 e. The number of rotatable bonds is 6. The van der Waals surface area contributed by atoms with Crippen molar-refractivity contribution in [1.82, 2.24) is 14.7 Å². The van der Waals surface area contributed by atoms with Gasteiger partial charge >= 0.3 is 6.09 Å². The Labute approximate surface area is 123 Å². The van der Waals surface area contributed by atoms with Crippen LogP contribution in [0.3, 0.4) is 0 Å². The van der Waals surface area contributed by atoms with E-state index in [0.29, 0.717) is 12.5 Å². The number of nitrogens with zero attached hydrogens (tertiary/aromatic N) is 2. The van der Waals surface area contributed by atoms with Crippen LogP contribution in [0.5, 0.6) is 0 Å². The number of alkyl carbamates (subject to hydrolysis) is 1. The van der Waals surface area contributed by atoms with Crippen LogP contribution in [0.15, 0.2) is 0 Å². The van der Waals surface area contributed by atoms with Gasteiger partial charge in [-0.25, -0.2) is 9.78 Å². The molecule has 20 heavy (non-hydrogen) atoms. The van der Waals surface area contributed by atoms with Gasteiger partial charge in [-0.15, -0.1) is 0 Å². The molecule has 112 valence electrons. The van der Waals surface area contributed by atoms with Crippen LogP contribution in [0.4, 0.5) is 9.93 Å². The lowest BCUT2D eigenvalue weighted by atomic mass is 10.2. The van der Waals surface area contributed by atoms with Crippen molar-refractivity contribution in [2.45, 2.75) is 51.6 Å². The minimum Gasteiger partial charge on any atom is -0.444 e. The first kappa shape index (κ1) is 15.0. The highest BCUT2D eigenvalue weighted by Crippen LogP contribution is 2.39. The van der Waals surface area contributed by atoms with Crippen LogP contribution in [0.2, 0.25) is 0 Å². The maximum atomic E-state index is 11.4. The number of carbonyl (C=O) groups is 1. The molecule has 0 bridgehead atoms. The molecule has 1 aliphatic carbocycles. The Bertz CT molecular complexity index is 451. The fraction of sp³-hybridized carbons (Fsp3) is 0.769. The van der Waals surface area contributed by atoms with E-state index in [9.17, 15) is 4.79 Å². The molecule has 6 nitrogen and oxygen atoms in total. The lowest BCUT2D eigenvalue weighted by molar-refractivity contribution is 0.0528. The predicted molar refractivity (Wildman–Crippen MR) is 79.2 cm³/mol. The van der Waals surface area contributed by atoms with Crippen molar-refractivity contribution in [2.24, 2.45) is 0 Å². The van der Waals surface area contributed by atoms with Crippen molar-refractivity contribution in [3.05, 3.63) is 5.82 Å². The third-order valence-corrected chi connectivity index (χ3v) is 3.37. The van der Waals surface area contributed by atoms with Crippen molar-refractivity contribution in [3.8, 4) is 0 Å². The Morgan fingerprint density at radius 2 is 2.15 bits per heavy atom. The van der Waals surface area contributed by atoms with E-state index in [1.165, 1.54) is 24.4 Å². The molecule has 0 aliphatic heterocycles. The second-order valence-corrected chi connectivity index (χ2v) is 6.69. The second kappa shape index (κ2) is 6.39. The quantitative estimate of drug-likeness (QED) is 0.790. The number of amides is 1. The number of carbonyl (C=O) groups excluding carboxylic acids is 1. The first-order chi connectivity index (χ1) is 9.44. The van der Waals surface area contributed by atoms with Crippen LogP contribution in [0, 0.1) is 0 Å². The fourth-order valence-corrected chi connectivity index (χ4v) is 2.27.